The third kappa shape index (κ3) is 9.78. The number of hydrogen-bond donors (Lipinski definition) is 0. The zero-order chi connectivity index (χ0) is 38.7. The van der Waals surface area contributed by atoms with Crippen LogP contribution in [0.4, 0.5) is 4.79 Å². The van der Waals surface area contributed by atoms with Gasteiger partial charge >= 0.3 is 12.1 Å². The normalized spacial score (nSPS) is 13.6. The summed E-state index contributed by atoms with van der Waals surface area (Å²) in [5.41, 5.74) is 4.45. The molecule has 1 aliphatic carbocycles. The Labute approximate surface area is 315 Å². The number of carbonyl (C=O) groups is 3. The molecule has 1 saturated carbocycles. The van der Waals surface area contributed by atoms with Crippen molar-refractivity contribution in [2.24, 2.45) is 0 Å². The highest BCUT2D eigenvalue weighted by atomic mass is 16.9. The van der Waals surface area contributed by atoms with Crippen LogP contribution in [-0.4, -0.2) is 78.5 Å². The smallest absolute Gasteiger partial charge is 0.465 e. The number of para-hydroxylation sites is 1. The number of carbonyl (C=O) groups excluding carboxylic acids is 3. The Morgan fingerprint density at radius 3 is 2.45 bits per heavy atom. The maximum absolute atomic E-state index is 13.5. The van der Waals surface area contributed by atoms with Gasteiger partial charge in [-0.1, -0.05) is 65.8 Å². The van der Waals surface area contributed by atoms with Crippen LogP contribution in [0, 0.1) is 10.1 Å². The Morgan fingerprint density at radius 1 is 0.945 bits per heavy atom. The molecular weight excluding hydrogens is 714 g/mol. The van der Waals surface area contributed by atoms with E-state index in [2.05, 4.69) is 25.2 Å². The number of ether oxygens (including phenoxy) is 4. The molecule has 55 heavy (non-hydrogen) atoms. The zero-order valence-corrected chi connectivity index (χ0v) is 30.5. The fourth-order valence-corrected chi connectivity index (χ4v) is 6.38. The average Bonchev–Trinajstić information content (AvgIpc) is 3.81. The summed E-state index contributed by atoms with van der Waals surface area (Å²) in [6.45, 7) is 3.85. The standard InChI is InChI=1S/C38H41N7O10/c1-3-51-37-39-32-17-11-16-31(36(47)53-25(2)54-38(48)55-28-12-5-4-6-13-28)34(32)43(37)24-26-19-21-27(22-20-26)29-14-7-8-15-30(29)35-40-42-44(41-35)33(46)18-9-10-23-52-45(49)50/h7-8,11,14-17,19-22,25,28H,3-6,9-10,12-13,18,23-24H2,1-2H3. The Balaban J connectivity index is 1.16. The molecule has 0 spiro atoms. The molecule has 3 aromatic carbocycles. The predicted octanol–water partition coefficient (Wildman–Crippen LogP) is 6.81. The second kappa shape index (κ2) is 18.1. The largest absolute Gasteiger partial charge is 0.511 e. The van der Waals surface area contributed by atoms with Gasteiger partial charge in [-0.3, -0.25) is 9.36 Å². The third-order valence-electron chi connectivity index (χ3n) is 8.97. The van der Waals surface area contributed by atoms with Crippen LogP contribution in [0.25, 0.3) is 33.5 Å². The first kappa shape index (κ1) is 38.3. The van der Waals surface area contributed by atoms with Crippen molar-refractivity contribution in [3.63, 3.8) is 0 Å². The van der Waals surface area contributed by atoms with E-state index >= 15 is 0 Å². The van der Waals surface area contributed by atoms with Crippen molar-refractivity contribution in [2.45, 2.75) is 84.2 Å². The second-order valence-corrected chi connectivity index (χ2v) is 12.9. The maximum Gasteiger partial charge on any atom is 0.511 e. The monoisotopic (exact) mass is 755 g/mol. The van der Waals surface area contributed by atoms with Crippen molar-refractivity contribution in [1.29, 1.82) is 0 Å². The average molecular weight is 756 g/mol. The molecule has 1 aliphatic rings. The Hall–Kier alpha value is -6.39. The van der Waals surface area contributed by atoms with Crippen molar-refractivity contribution in [3.05, 3.63) is 88.0 Å². The van der Waals surface area contributed by atoms with Gasteiger partial charge in [0.1, 0.15) is 6.10 Å². The topological polar surface area (TPSA) is 202 Å². The molecule has 2 aromatic heterocycles. The molecule has 1 atom stereocenters. The molecule has 0 aliphatic heterocycles. The van der Waals surface area contributed by atoms with E-state index in [4.69, 9.17) is 18.9 Å². The van der Waals surface area contributed by atoms with Crippen LogP contribution < -0.4 is 4.74 Å². The first-order chi connectivity index (χ1) is 26.7. The number of unbranched alkanes of at least 4 members (excludes halogenated alkanes) is 1. The van der Waals surface area contributed by atoms with Crippen LogP contribution in [-0.2, 0) is 25.6 Å². The molecule has 2 heterocycles. The van der Waals surface area contributed by atoms with Crippen LogP contribution in [0.5, 0.6) is 6.01 Å². The number of aromatic nitrogens is 6. The molecule has 5 aromatic rings. The number of esters is 1. The van der Waals surface area contributed by atoms with Gasteiger partial charge in [0.25, 0.3) is 17.0 Å². The lowest BCUT2D eigenvalue weighted by atomic mass is 9.98. The quantitative estimate of drug-likeness (QED) is 0.0334. The lowest BCUT2D eigenvalue weighted by molar-refractivity contribution is -0.757. The van der Waals surface area contributed by atoms with Crippen LogP contribution in [0.15, 0.2) is 66.7 Å². The number of hydrogen-bond acceptors (Lipinski definition) is 14. The van der Waals surface area contributed by atoms with Gasteiger partial charge in [0.05, 0.1) is 36.4 Å². The summed E-state index contributed by atoms with van der Waals surface area (Å²) in [5.74, 6) is -0.834. The zero-order valence-electron chi connectivity index (χ0n) is 30.5. The van der Waals surface area contributed by atoms with Crippen molar-refractivity contribution >= 4 is 29.1 Å². The second-order valence-electron chi connectivity index (χ2n) is 12.9. The number of nitrogens with zero attached hydrogens (tertiary/aromatic N) is 7. The molecular formula is C38H41N7O10. The van der Waals surface area contributed by atoms with Crippen LogP contribution in [0.1, 0.15) is 85.9 Å². The molecule has 17 heteroatoms. The molecule has 1 unspecified atom stereocenters. The highest BCUT2D eigenvalue weighted by Crippen LogP contribution is 2.32. The number of benzene rings is 3. The van der Waals surface area contributed by atoms with Crippen LogP contribution in [0.2, 0.25) is 0 Å². The number of tetrazole rings is 1. The Morgan fingerprint density at radius 2 is 1.71 bits per heavy atom. The molecule has 0 amide bonds. The first-order valence-electron chi connectivity index (χ1n) is 18.2. The summed E-state index contributed by atoms with van der Waals surface area (Å²) < 4.78 is 23.9. The van der Waals surface area contributed by atoms with Crippen LogP contribution >= 0.6 is 0 Å². The van der Waals surface area contributed by atoms with E-state index in [0.29, 0.717) is 48.6 Å². The molecule has 17 nitrogen and oxygen atoms in total. The first-order valence-corrected chi connectivity index (χ1v) is 18.2. The third-order valence-corrected chi connectivity index (χ3v) is 8.97. The minimum absolute atomic E-state index is 0.0736. The van der Waals surface area contributed by atoms with Crippen molar-refractivity contribution < 1.29 is 43.3 Å². The molecule has 1 fully saturated rings. The lowest BCUT2D eigenvalue weighted by Gasteiger charge is -2.22. The van der Waals surface area contributed by atoms with Gasteiger partial charge in [-0.05, 0) is 79.5 Å². The van der Waals surface area contributed by atoms with Crippen LogP contribution in [0.3, 0.4) is 0 Å². The molecule has 0 saturated heterocycles. The van der Waals surface area contributed by atoms with Crippen molar-refractivity contribution in [3.8, 4) is 28.5 Å². The number of rotatable bonds is 16. The minimum Gasteiger partial charge on any atom is -0.465 e. The van der Waals surface area contributed by atoms with E-state index in [1.165, 1.54) is 6.92 Å². The van der Waals surface area contributed by atoms with E-state index in [0.717, 1.165) is 53.6 Å². The molecule has 288 valence electrons. The van der Waals surface area contributed by atoms with E-state index in [1.54, 1.807) is 22.8 Å². The number of imidazole rings is 1. The van der Waals surface area contributed by atoms with E-state index in [1.807, 2.05) is 55.5 Å². The molecule has 6 rings (SSSR count). The van der Waals surface area contributed by atoms with Gasteiger partial charge in [-0.2, -0.15) is 4.98 Å². The molecule has 0 radical (unpaired) electrons. The Bertz CT molecular complexity index is 2130. The summed E-state index contributed by atoms with van der Waals surface area (Å²) >= 11 is 0. The number of fused-ring (bicyclic) bond motifs is 1. The van der Waals surface area contributed by atoms with Gasteiger partial charge in [-0.15, -0.1) is 20.3 Å². The molecule has 0 N–H and O–H groups in total. The summed E-state index contributed by atoms with van der Waals surface area (Å²) in [4.78, 5) is 58.7. The van der Waals surface area contributed by atoms with Crippen molar-refractivity contribution in [1.82, 2.24) is 29.8 Å². The SMILES string of the molecule is CCOc1nc2cccc(C(=O)OC(C)OC(=O)OC3CCCCC3)c2n1Cc1ccc(-c2ccccc2-c2nnn(C(=O)CCCCO[N+](=O)[O-])n2)cc1. The van der Waals surface area contributed by atoms with Gasteiger partial charge in [0, 0.05) is 18.9 Å². The maximum atomic E-state index is 13.5. The van der Waals surface area contributed by atoms with Gasteiger partial charge in [0.15, 0.2) is 0 Å². The van der Waals surface area contributed by atoms with E-state index in [-0.39, 0.29) is 30.5 Å². The summed E-state index contributed by atoms with van der Waals surface area (Å²) in [6.07, 6.45) is 3.20. The fourth-order valence-electron chi connectivity index (χ4n) is 6.38. The van der Waals surface area contributed by atoms with Gasteiger partial charge < -0.3 is 23.8 Å². The minimum atomic E-state index is -1.19. The van der Waals surface area contributed by atoms with Gasteiger partial charge in [0.2, 0.25) is 12.1 Å². The van der Waals surface area contributed by atoms with E-state index < -0.39 is 29.4 Å². The highest BCUT2D eigenvalue weighted by Gasteiger charge is 2.25. The fraction of sp³-hybridized carbons (Fsp3) is 0.395. The predicted molar refractivity (Wildman–Crippen MR) is 195 cm³/mol. The van der Waals surface area contributed by atoms with E-state index in [9.17, 15) is 24.5 Å². The lowest BCUT2D eigenvalue weighted by Crippen LogP contribution is -2.26. The molecule has 0 bridgehead atoms. The Kier molecular flexibility index (Phi) is 12.6. The summed E-state index contributed by atoms with van der Waals surface area (Å²) in [6, 6.07) is 20.7. The van der Waals surface area contributed by atoms with Gasteiger partial charge in [-0.25, -0.2) is 9.59 Å². The summed E-state index contributed by atoms with van der Waals surface area (Å²) in [7, 11) is 0. The highest BCUT2D eigenvalue weighted by molar-refractivity contribution is 6.02. The van der Waals surface area contributed by atoms with Crippen molar-refractivity contribution in [2.75, 3.05) is 13.2 Å². The summed E-state index contributed by atoms with van der Waals surface area (Å²) in [5, 5.41) is 21.8.